The molecule has 0 fully saturated rings. The lowest BCUT2D eigenvalue weighted by molar-refractivity contribution is -0.697. The van der Waals surface area contributed by atoms with E-state index < -0.39 is 14.5 Å². The zero-order valence-electron chi connectivity index (χ0n) is 34.8. The van der Waals surface area contributed by atoms with Crippen LogP contribution in [-0.4, -0.2) is 12.3 Å². The number of rotatable bonds is 19. The van der Waals surface area contributed by atoms with Crippen molar-refractivity contribution in [3.8, 4) is 11.1 Å². The van der Waals surface area contributed by atoms with Crippen molar-refractivity contribution in [2.45, 2.75) is 51.6 Å². The number of benzene rings is 6. The second kappa shape index (κ2) is 20.6. The number of hydrogen-bond acceptors (Lipinski definition) is 0. The molecule has 2 aromatic heterocycles. The van der Waals surface area contributed by atoms with Crippen molar-refractivity contribution in [3.63, 3.8) is 0 Å². The van der Waals surface area contributed by atoms with Gasteiger partial charge in [-0.3, -0.25) is 0 Å². The fourth-order valence-electron chi connectivity index (χ4n) is 9.00. The maximum absolute atomic E-state index is 2.36. The Hall–Kier alpha value is -5.52. The fraction of sp³-hybridized carbons (Fsp3) is 0.179. The minimum atomic E-state index is -1.77. The Balaban J connectivity index is 0.841. The number of pyridine rings is 2. The molecule has 0 bridgehead atoms. The summed E-state index contributed by atoms with van der Waals surface area (Å²) in [6.45, 7) is 2.07. The molecule has 0 aliphatic heterocycles. The van der Waals surface area contributed by atoms with Crippen molar-refractivity contribution in [1.82, 2.24) is 0 Å². The Morgan fingerprint density at radius 2 is 0.483 bits per heavy atom. The SMILES string of the molecule is c1ccc([P+](CCCCC[n+]2ccc(-c3cc[n+](CCCCC[P+](c4ccccc4)(c4ccccc4)c4ccccc4)cc3)cc2)(c2ccccc2)c2ccccc2)cc1. The van der Waals surface area contributed by atoms with Crippen LogP contribution in [0, 0.1) is 0 Å². The molecule has 2 heterocycles. The standard InChI is InChI=1S/C56H58N2P2/c1-9-25-51(26-10-1)59(52-27-11-2-12-28-52,53-29-13-3-14-30-53)47-23-7-21-41-57-43-37-49(38-44-57)50-39-45-58(46-40-50)42-22-8-24-48-60(54-31-15-4-16-32-54,55-33-17-5-18-34-55)56-35-19-6-20-36-56/h1-6,9-20,25-40,43-46H,7-8,21-24,41-42,47-48H2/q+4. The molecule has 0 saturated carbocycles. The maximum atomic E-state index is 2.36. The quantitative estimate of drug-likeness (QED) is 0.0436. The largest absolute Gasteiger partial charge is 0.205 e. The Labute approximate surface area is 360 Å². The summed E-state index contributed by atoms with van der Waals surface area (Å²) in [5.74, 6) is 0. The molecule has 0 unspecified atom stereocenters. The summed E-state index contributed by atoms with van der Waals surface area (Å²) in [5, 5.41) is 8.85. The molecular weight excluding hydrogens is 763 g/mol. The van der Waals surface area contributed by atoms with Crippen molar-refractivity contribution >= 4 is 46.4 Å². The van der Waals surface area contributed by atoms with Gasteiger partial charge in [-0.05, 0) is 110 Å². The summed E-state index contributed by atoms with van der Waals surface area (Å²) in [7, 11) is -3.53. The molecule has 0 aliphatic rings. The van der Waals surface area contributed by atoms with E-state index in [-0.39, 0.29) is 0 Å². The molecule has 0 spiro atoms. The van der Waals surface area contributed by atoms with E-state index in [2.05, 4.69) is 240 Å². The number of hydrogen-bond donors (Lipinski definition) is 0. The van der Waals surface area contributed by atoms with Gasteiger partial charge in [-0.1, -0.05) is 109 Å². The van der Waals surface area contributed by atoms with E-state index in [0.29, 0.717) is 0 Å². The van der Waals surface area contributed by atoms with Crippen LogP contribution in [0.4, 0.5) is 0 Å². The predicted molar refractivity (Wildman–Crippen MR) is 260 cm³/mol. The summed E-state index contributed by atoms with van der Waals surface area (Å²) >= 11 is 0. The molecule has 2 nitrogen and oxygen atoms in total. The summed E-state index contributed by atoms with van der Waals surface area (Å²) in [6.07, 6.45) is 18.5. The van der Waals surface area contributed by atoms with Crippen LogP contribution in [0.5, 0.6) is 0 Å². The van der Waals surface area contributed by atoms with Gasteiger partial charge in [-0.25, -0.2) is 9.13 Å². The van der Waals surface area contributed by atoms with E-state index in [4.69, 9.17) is 0 Å². The predicted octanol–water partition coefficient (Wildman–Crippen LogP) is 10.3. The summed E-state index contributed by atoms with van der Waals surface area (Å²) < 4.78 is 4.70. The van der Waals surface area contributed by atoms with Gasteiger partial charge in [0, 0.05) is 37.1 Å². The van der Waals surface area contributed by atoms with Crippen LogP contribution >= 0.6 is 14.5 Å². The topological polar surface area (TPSA) is 7.76 Å². The Morgan fingerprint density at radius 3 is 0.717 bits per heavy atom. The monoisotopic (exact) mass is 820 g/mol. The van der Waals surface area contributed by atoms with Crippen LogP contribution in [0.15, 0.2) is 231 Å². The van der Waals surface area contributed by atoms with Gasteiger partial charge in [0.2, 0.25) is 0 Å². The number of aromatic nitrogens is 2. The van der Waals surface area contributed by atoms with E-state index in [0.717, 1.165) is 13.1 Å². The van der Waals surface area contributed by atoms with Crippen molar-refractivity contribution in [1.29, 1.82) is 0 Å². The molecule has 298 valence electrons. The zero-order chi connectivity index (χ0) is 40.7. The Morgan fingerprint density at radius 1 is 0.250 bits per heavy atom. The van der Waals surface area contributed by atoms with Gasteiger partial charge >= 0.3 is 0 Å². The second-order valence-electron chi connectivity index (χ2n) is 15.9. The highest BCUT2D eigenvalue weighted by Crippen LogP contribution is 2.57. The lowest BCUT2D eigenvalue weighted by Gasteiger charge is -2.27. The molecular formula is C56H58N2P2+4. The Kier molecular flexibility index (Phi) is 14.2. The Bertz CT molecular complexity index is 2070. The molecule has 0 saturated heterocycles. The van der Waals surface area contributed by atoms with E-state index >= 15 is 0 Å². The van der Waals surface area contributed by atoms with Gasteiger partial charge in [0.05, 0.1) is 12.3 Å². The highest BCUT2D eigenvalue weighted by molar-refractivity contribution is 7.96. The van der Waals surface area contributed by atoms with Gasteiger partial charge in [0.25, 0.3) is 0 Å². The third-order valence-electron chi connectivity index (χ3n) is 12.1. The lowest BCUT2D eigenvalue weighted by atomic mass is 10.1. The summed E-state index contributed by atoms with van der Waals surface area (Å²) in [4.78, 5) is 0. The molecule has 8 rings (SSSR count). The van der Waals surface area contributed by atoms with Gasteiger partial charge in [-0.2, -0.15) is 0 Å². The first-order chi connectivity index (χ1) is 29.8. The minimum absolute atomic E-state index is 1.04. The first kappa shape index (κ1) is 41.2. The first-order valence-electron chi connectivity index (χ1n) is 21.8. The van der Waals surface area contributed by atoms with Crippen LogP contribution in [0.25, 0.3) is 11.1 Å². The fourth-order valence-corrected chi connectivity index (χ4v) is 17.8. The molecule has 0 radical (unpaired) electrons. The van der Waals surface area contributed by atoms with Crippen molar-refractivity contribution in [2.24, 2.45) is 0 Å². The van der Waals surface area contributed by atoms with Gasteiger partial charge < -0.3 is 0 Å². The average molecular weight is 821 g/mol. The molecule has 60 heavy (non-hydrogen) atoms. The highest BCUT2D eigenvalue weighted by atomic mass is 31.2. The van der Waals surface area contributed by atoms with E-state index in [1.165, 1.54) is 93.8 Å². The second-order valence-corrected chi connectivity index (χ2v) is 23.1. The number of unbranched alkanes of at least 4 members (excludes halogenated alkanes) is 4. The van der Waals surface area contributed by atoms with E-state index in [9.17, 15) is 0 Å². The molecule has 8 aromatic rings. The van der Waals surface area contributed by atoms with Crippen LogP contribution in [0.2, 0.25) is 0 Å². The lowest BCUT2D eigenvalue weighted by Crippen LogP contribution is -2.34. The van der Waals surface area contributed by atoms with Crippen molar-refractivity contribution in [3.05, 3.63) is 231 Å². The molecule has 0 N–H and O–H groups in total. The molecule has 0 amide bonds. The van der Waals surface area contributed by atoms with Crippen molar-refractivity contribution < 1.29 is 9.13 Å². The van der Waals surface area contributed by atoms with E-state index in [1.807, 2.05) is 0 Å². The third kappa shape index (κ3) is 9.58. The zero-order valence-corrected chi connectivity index (χ0v) is 36.6. The van der Waals surface area contributed by atoms with Crippen LogP contribution in [-0.2, 0) is 13.1 Å². The summed E-state index contributed by atoms with van der Waals surface area (Å²) in [6, 6.07) is 76.8. The summed E-state index contributed by atoms with van der Waals surface area (Å²) in [5.41, 5.74) is 2.54. The first-order valence-corrected chi connectivity index (χ1v) is 25.8. The normalized spacial score (nSPS) is 11.7. The van der Waals surface area contributed by atoms with Crippen molar-refractivity contribution in [2.75, 3.05) is 12.3 Å². The molecule has 0 atom stereocenters. The van der Waals surface area contributed by atoms with Crippen LogP contribution < -0.4 is 41.0 Å². The maximum Gasteiger partial charge on any atom is 0.169 e. The number of nitrogens with zero attached hydrogens (tertiary/aromatic N) is 2. The average Bonchev–Trinajstić information content (AvgIpc) is 3.33. The van der Waals surface area contributed by atoms with Crippen LogP contribution in [0.1, 0.15) is 38.5 Å². The highest BCUT2D eigenvalue weighted by Gasteiger charge is 2.45. The molecule has 0 aliphatic carbocycles. The van der Waals surface area contributed by atoms with Crippen LogP contribution in [0.3, 0.4) is 0 Å². The van der Waals surface area contributed by atoms with E-state index in [1.54, 1.807) is 0 Å². The smallest absolute Gasteiger partial charge is 0.169 e. The minimum Gasteiger partial charge on any atom is -0.205 e. The number of aryl methyl sites for hydroxylation is 2. The molecule has 4 heteroatoms. The van der Waals surface area contributed by atoms with Gasteiger partial charge in [-0.15, -0.1) is 0 Å². The molecule has 6 aromatic carbocycles. The van der Waals surface area contributed by atoms with Gasteiger partial charge in [0.1, 0.15) is 59.4 Å². The van der Waals surface area contributed by atoms with Gasteiger partial charge in [0.15, 0.2) is 24.8 Å². The third-order valence-corrected chi connectivity index (χ3v) is 21.2.